The molecule has 1 unspecified atom stereocenters. The first kappa shape index (κ1) is 34.5. The monoisotopic (exact) mass is 681 g/mol. The third-order valence-corrected chi connectivity index (χ3v) is 10.1. The van der Waals surface area contributed by atoms with Crippen LogP contribution in [0, 0.1) is 0 Å². The maximum atomic E-state index is 14.2. The summed E-state index contributed by atoms with van der Waals surface area (Å²) in [4.78, 5) is 31.1. The van der Waals surface area contributed by atoms with Gasteiger partial charge >= 0.3 is 5.63 Å². The Morgan fingerprint density at radius 3 is 2.16 bits per heavy atom. The minimum absolute atomic E-state index is 0.0410. The largest absolute Gasteiger partial charge is 0.507 e. The Kier molecular flexibility index (Phi) is 8.00. The summed E-state index contributed by atoms with van der Waals surface area (Å²) in [6.45, 7) is 19.4. The number of pyridine rings is 1. The number of phenolic OH excluding ortho intramolecular Hbond substituents is 2. The second kappa shape index (κ2) is 11.6. The SMILES string of the molecule is C=CC(C)(C)c1cc2c(O)c3c(c(C(C)(C)C=C)c2oc1=O)OC(C)(C)CC3c1c(OC)cc(O)c2c(=O)c3ccc(OC)c(OC)c3[nH]c12. The summed E-state index contributed by atoms with van der Waals surface area (Å²) in [5, 5.41) is 24.3. The average molecular weight is 682 g/mol. The third-order valence-electron chi connectivity index (χ3n) is 10.1. The molecule has 0 amide bonds. The fourth-order valence-electron chi connectivity index (χ4n) is 7.19. The van der Waals surface area contributed by atoms with E-state index in [1.54, 1.807) is 30.4 Å². The summed E-state index contributed by atoms with van der Waals surface area (Å²) < 4.78 is 30.0. The van der Waals surface area contributed by atoms with Crippen LogP contribution in [0.25, 0.3) is 32.8 Å². The molecule has 0 fully saturated rings. The summed E-state index contributed by atoms with van der Waals surface area (Å²) in [5.41, 5.74) is -0.852. The lowest BCUT2D eigenvalue weighted by Gasteiger charge is -2.41. The Balaban J connectivity index is 1.85. The van der Waals surface area contributed by atoms with Gasteiger partial charge in [0.2, 0.25) is 5.43 Å². The number of methoxy groups -OCH3 is 3. The summed E-state index contributed by atoms with van der Waals surface area (Å²) >= 11 is 0. The van der Waals surface area contributed by atoms with Crippen LogP contribution in [-0.2, 0) is 10.8 Å². The number of allylic oxidation sites excluding steroid dienone is 2. The van der Waals surface area contributed by atoms with Crippen LogP contribution in [0.3, 0.4) is 0 Å². The molecule has 3 N–H and O–H groups in total. The summed E-state index contributed by atoms with van der Waals surface area (Å²) in [7, 11) is 4.46. The standard InChI is InChI=1S/C40H43NO9/c1-12-38(3,4)22-16-20-33(44)27-21(18-40(7,8)50-36(27)29(39(5,6)13-2)34(20)49-37(22)45)26-25(47-10)17-23(42)28-31(26)41-30-19(32(28)43)14-15-24(46-9)35(30)48-11/h12-17,21,42,44H,1-2,18H2,3-11H3,(H,41,43). The molecule has 3 aromatic carbocycles. The van der Waals surface area contributed by atoms with Gasteiger partial charge in [-0.15, -0.1) is 13.2 Å². The molecular weight excluding hydrogens is 638 g/mol. The van der Waals surface area contributed by atoms with Gasteiger partial charge in [0.15, 0.2) is 11.5 Å². The van der Waals surface area contributed by atoms with Gasteiger partial charge in [-0.05, 0) is 38.5 Å². The number of ether oxygens (including phenoxy) is 4. The number of H-pyrrole nitrogens is 1. The molecule has 0 saturated carbocycles. The molecule has 262 valence electrons. The predicted molar refractivity (Wildman–Crippen MR) is 195 cm³/mol. The Morgan fingerprint density at radius 1 is 0.900 bits per heavy atom. The molecule has 50 heavy (non-hydrogen) atoms. The topological polar surface area (TPSA) is 140 Å². The Bertz CT molecular complexity index is 2380. The number of fused-ring (bicyclic) bond motifs is 4. The molecule has 1 atom stereocenters. The number of phenols is 2. The van der Waals surface area contributed by atoms with Gasteiger partial charge in [-0.2, -0.15) is 0 Å². The fourth-order valence-corrected chi connectivity index (χ4v) is 7.19. The van der Waals surface area contributed by atoms with Crippen molar-refractivity contribution >= 4 is 32.8 Å². The number of aromatic nitrogens is 1. The first-order valence-electron chi connectivity index (χ1n) is 16.3. The zero-order valence-corrected chi connectivity index (χ0v) is 29.9. The summed E-state index contributed by atoms with van der Waals surface area (Å²) in [5.74, 6) is 0.197. The van der Waals surface area contributed by atoms with Crippen LogP contribution in [0.5, 0.6) is 34.5 Å². The van der Waals surface area contributed by atoms with Crippen LogP contribution in [0.1, 0.15) is 76.1 Å². The number of hydrogen-bond acceptors (Lipinski definition) is 9. The maximum Gasteiger partial charge on any atom is 0.340 e. The smallest absolute Gasteiger partial charge is 0.340 e. The highest BCUT2D eigenvalue weighted by atomic mass is 16.5. The minimum Gasteiger partial charge on any atom is -0.507 e. The van der Waals surface area contributed by atoms with E-state index in [9.17, 15) is 19.8 Å². The van der Waals surface area contributed by atoms with Gasteiger partial charge in [0.1, 0.15) is 34.2 Å². The Labute approximate surface area is 289 Å². The van der Waals surface area contributed by atoms with Crippen molar-refractivity contribution in [1.82, 2.24) is 4.98 Å². The fraction of sp³-hybridized carbons (Fsp3) is 0.350. The molecular formula is C40H43NO9. The summed E-state index contributed by atoms with van der Waals surface area (Å²) in [6, 6.07) is 6.31. The highest BCUT2D eigenvalue weighted by Crippen LogP contribution is 2.57. The molecule has 0 radical (unpaired) electrons. The number of rotatable bonds is 8. The van der Waals surface area contributed by atoms with Crippen LogP contribution < -0.4 is 30.0 Å². The van der Waals surface area contributed by atoms with Gasteiger partial charge in [-0.25, -0.2) is 4.79 Å². The molecule has 1 aliphatic heterocycles. The van der Waals surface area contributed by atoms with Crippen LogP contribution in [0.2, 0.25) is 0 Å². The third kappa shape index (κ3) is 4.99. The Morgan fingerprint density at radius 2 is 1.56 bits per heavy atom. The van der Waals surface area contributed by atoms with E-state index in [0.29, 0.717) is 56.8 Å². The van der Waals surface area contributed by atoms with E-state index in [0.717, 1.165) is 0 Å². The number of benzene rings is 3. The number of hydrogen-bond donors (Lipinski definition) is 3. The second-order valence-corrected chi connectivity index (χ2v) is 14.6. The number of aromatic hydroxyl groups is 2. The van der Waals surface area contributed by atoms with Crippen molar-refractivity contribution in [2.75, 3.05) is 21.3 Å². The number of aromatic amines is 1. The van der Waals surface area contributed by atoms with E-state index in [2.05, 4.69) is 18.1 Å². The lowest BCUT2D eigenvalue weighted by atomic mass is 9.73. The van der Waals surface area contributed by atoms with Gasteiger partial charge in [0.25, 0.3) is 0 Å². The van der Waals surface area contributed by atoms with Crippen molar-refractivity contribution in [2.24, 2.45) is 0 Å². The first-order valence-corrected chi connectivity index (χ1v) is 16.3. The van der Waals surface area contributed by atoms with Crippen LogP contribution in [0.15, 0.2) is 63.6 Å². The maximum absolute atomic E-state index is 14.2. The average Bonchev–Trinajstić information content (AvgIpc) is 3.06. The van der Waals surface area contributed by atoms with Gasteiger partial charge in [-0.1, -0.05) is 39.8 Å². The lowest BCUT2D eigenvalue weighted by Crippen LogP contribution is -2.37. The molecule has 10 nitrogen and oxygen atoms in total. The van der Waals surface area contributed by atoms with Crippen molar-refractivity contribution < 1.29 is 33.6 Å². The Hall–Kier alpha value is -5.38. The molecule has 6 rings (SSSR count). The predicted octanol–water partition coefficient (Wildman–Crippen LogP) is 7.84. The highest BCUT2D eigenvalue weighted by Gasteiger charge is 2.44. The molecule has 5 aromatic rings. The zero-order valence-electron chi connectivity index (χ0n) is 29.9. The molecule has 2 aromatic heterocycles. The van der Waals surface area contributed by atoms with Crippen LogP contribution in [-0.4, -0.2) is 42.1 Å². The zero-order chi connectivity index (χ0) is 36.7. The van der Waals surface area contributed by atoms with Crippen molar-refractivity contribution in [3.8, 4) is 34.5 Å². The van der Waals surface area contributed by atoms with Crippen LogP contribution >= 0.6 is 0 Å². The van der Waals surface area contributed by atoms with Gasteiger partial charge < -0.3 is 38.6 Å². The normalized spacial score (nSPS) is 15.8. The van der Waals surface area contributed by atoms with E-state index in [-0.39, 0.29) is 39.1 Å². The van der Waals surface area contributed by atoms with E-state index >= 15 is 0 Å². The second-order valence-electron chi connectivity index (χ2n) is 14.6. The quantitative estimate of drug-likeness (QED) is 0.0849. The molecule has 10 heteroatoms. The van der Waals surface area contributed by atoms with Crippen molar-refractivity contribution in [3.63, 3.8) is 0 Å². The van der Waals surface area contributed by atoms with E-state index in [4.69, 9.17) is 23.4 Å². The minimum atomic E-state index is -0.845. The van der Waals surface area contributed by atoms with Gasteiger partial charge in [0, 0.05) is 45.1 Å². The van der Waals surface area contributed by atoms with E-state index in [1.807, 2.05) is 41.5 Å². The molecule has 3 heterocycles. The molecule has 0 spiro atoms. The highest BCUT2D eigenvalue weighted by molar-refractivity contribution is 6.02. The van der Waals surface area contributed by atoms with Gasteiger partial charge in [0.05, 0.1) is 48.5 Å². The number of nitrogens with one attached hydrogen (secondary N) is 1. The lowest BCUT2D eigenvalue weighted by molar-refractivity contribution is 0.0741. The van der Waals surface area contributed by atoms with Gasteiger partial charge in [-0.3, -0.25) is 4.79 Å². The van der Waals surface area contributed by atoms with Crippen molar-refractivity contribution in [3.05, 3.63) is 92.5 Å². The molecule has 0 aliphatic carbocycles. The first-order chi connectivity index (χ1) is 23.5. The van der Waals surface area contributed by atoms with Crippen molar-refractivity contribution in [1.29, 1.82) is 0 Å². The molecule has 0 saturated heterocycles. The van der Waals surface area contributed by atoms with E-state index < -0.39 is 33.4 Å². The van der Waals surface area contributed by atoms with Crippen molar-refractivity contribution in [2.45, 2.75) is 70.3 Å². The molecule has 0 bridgehead atoms. The van der Waals surface area contributed by atoms with Crippen LogP contribution in [0.4, 0.5) is 0 Å². The molecule has 1 aliphatic rings. The van der Waals surface area contributed by atoms with E-state index in [1.165, 1.54) is 27.4 Å². The summed E-state index contributed by atoms with van der Waals surface area (Å²) in [6.07, 6.45) is 3.71.